The first kappa shape index (κ1) is 19.9. The monoisotopic (exact) mass is 395 g/mol. The number of carbonyl (C=O) groups is 1. The van der Waals surface area contributed by atoms with Gasteiger partial charge in [-0.05, 0) is 36.8 Å². The Kier molecular flexibility index (Phi) is 6.08. The molecule has 1 heterocycles. The predicted octanol–water partition coefficient (Wildman–Crippen LogP) is 3.29. The van der Waals surface area contributed by atoms with Crippen LogP contribution in [0.4, 0.5) is 17.1 Å². The van der Waals surface area contributed by atoms with Crippen molar-refractivity contribution >= 4 is 23.0 Å². The summed E-state index contributed by atoms with van der Waals surface area (Å²) < 4.78 is 6.99. The van der Waals surface area contributed by atoms with E-state index in [2.05, 4.69) is 15.7 Å². The van der Waals surface area contributed by atoms with Gasteiger partial charge >= 0.3 is 0 Å². The Morgan fingerprint density at radius 2 is 2.10 bits per heavy atom. The molecule has 1 atom stereocenters. The maximum atomic E-state index is 12.6. The summed E-state index contributed by atoms with van der Waals surface area (Å²) in [5, 5.41) is 21.0. The van der Waals surface area contributed by atoms with Crippen LogP contribution in [0.5, 0.6) is 5.75 Å². The van der Waals surface area contributed by atoms with E-state index < -0.39 is 11.0 Å². The molecular formula is C20H21N5O4. The molecule has 3 aromatic rings. The number of methoxy groups -OCH3 is 1. The number of carbonyl (C=O) groups excluding carboxylic acids is 1. The fourth-order valence-corrected chi connectivity index (χ4v) is 2.80. The molecule has 0 aliphatic rings. The molecule has 0 radical (unpaired) electrons. The highest BCUT2D eigenvalue weighted by Crippen LogP contribution is 2.29. The Balaban J connectivity index is 1.68. The van der Waals surface area contributed by atoms with Gasteiger partial charge in [0.25, 0.3) is 5.69 Å². The van der Waals surface area contributed by atoms with Gasteiger partial charge in [-0.2, -0.15) is 5.10 Å². The van der Waals surface area contributed by atoms with Crippen LogP contribution in [0.25, 0.3) is 0 Å². The lowest BCUT2D eigenvalue weighted by atomic mass is 10.2. The van der Waals surface area contributed by atoms with E-state index in [9.17, 15) is 14.9 Å². The van der Waals surface area contributed by atoms with E-state index in [0.717, 1.165) is 11.3 Å². The van der Waals surface area contributed by atoms with E-state index in [4.69, 9.17) is 4.74 Å². The second kappa shape index (κ2) is 8.87. The van der Waals surface area contributed by atoms with E-state index >= 15 is 0 Å². The van der Waals surface area contributed by atoms with Gasteiger partial charge in [0.1, 0.15) is 11.8 Å². The highest BCUT2D eigenvalue weighted by molar-refractivity contribution is 5.97. The topological polar surface area (TPSA) is 111 Å². The second-order valence-corrected chi connectivity index (χ2v) is 6.40. The molecule has 2 aromatic carbocycles. The molecular weight excluding hydrogens is 374 g/mol. The molecule has 1 aromatic heterocycles. The quantitative estimate of drug-likeness (QED) is 0.447. The van der Waals surface area contributed by atoms with Crippen LogP contribution in [0.1, 0.15) is 12.5 Å². The summed E-state index contributed by atoms with van der Waals surface area (Å²) in [4.78, 5) is 23.1. The Bertz CT molecular complexity index is 1000. The lowest BCUT2D eigenvalue weighted by molar-refractivity contribution is -0.384. The van der Waals surface area contributed by atoms with Crippen LogP contribution in [0, 0.1) is 10.1 Å². The summed E-state index contributed by atoms with van der Waals surface area (Å²) >= 11 is 0. The Hall–Kier alpha value is -3.88. The van der Waals surface area contributed by atoms with Gasteiger partial charge < -0.3 is 15.4 Å². The van der Waals surface area contributed by atoms with Crippen molar-refractivity contribution in [1.29, 1.82) is 0 Å². The number of nitrogens with one attached hydrogen (secondary N) is 2. The highest BCUT2D eigenvalue weighted by atomic mass is 16.6. The number of ether oxygens (including phenoxy) is 1. The molecule has 0 saturated heterocycles. The molecule has 0 fully saturated rings. The number of aromatic nitrogens is 2. The highest BCUT2D eigenvalue weighted by Gasteiger charge is 2.18. The third-order valence-corrected chi connectivity index (χ3v) is 4.26. The molecule has 1 amide bonds. The number of nitrogens with zero attached hydrogens (tertiary/aromatic N) is 3. The van der Waals surface area contributed by atoms with Crippen LogP contribution in [-0.2, 0) is 11.3 Å². The van der Waals surface area contributed by atoms with Crippen molar-refractivity contribution < 1.29 is 14.5 Å². The molecule has 2 N–H and O–H groups in total. The van der Waals surface area contributed by atoms with E-state index in [1.807, 2.05) is 41.2 Å². The summed E-state index contributed by atoms with van der Waals surface area (Å²) in [5.41, 5.74) is 1.93. The minimum absolute atomic E-state index is 0.131. The van der Waals surface area contributed by atoms with Crippen molar-refractivity contribution in [2.75, 3.05) is 17.7 Å². The van der Waals surface area contributed by atoms with Crippen LogP contribution in [-0.4, -0.2) is 33.8 Å². The molecule has 9 heteroatoms. The van der Waals surface area contributed by atoms with Gasteiger partial charge in [-0.3, -0.25) is 19.6 Å². The number of rotatable bonds is 8. The number of hydrogen-bond donors (Lipinski definition) is 2. The summed E-state index contributed by atoms with van der Waals surface area (Å²) in [7, 11) is 1.43. The van der Waals surface area contributed by atoms with Crippen molar-refractivity contribution in [1.82, 2.24) is 9.78 Å². The Morgan fingerprint density at radius 1 is 1.28 bits per heavy atom. The minimum Gasteiger partial charge on any atom is -0.495 e. The largest absolute Gasteiger partial charge is 0.495 e. The third kappa shape index (κ3) is 5.10. The van der Waals surface area contributed by atoms with Crippen molar-refractivity contribution in [2.45, 2.75) is 19.5 Å². The van der Waals surface area contributed by atoms with Gasteiger partial charge in [0.05, 0.1) is 24.3 Å². The first-order chi connectivity index (χ1) is 14.0. The fraction of sp³-hybridized carbons (Fsp3) is 0.200. The molecule has 150 valence electrons. The third-order valence-electron chi connectivity index (χ3n) is 4.26. The van der Waals surface area contributed by atoms with E-state index in [0.29, 0.717) is 12.3 Å². The second-order valence-electron chi connectivity index (χ2n) is 6.40. The molecule has 29 heavy (non-hydrogen) atoms. The zero-order valence-corrected chi connectivity index (χ0v) is 16.0. The molecule has 0 saturated carbocycles. The number of nitro groups is 1. The Morgan fingerprint density at radius 3 is 2.79 bits per heavy atom. The zero-order valence-electron chi connectivity index (χ0n) is 16.0. The smallest absolute Gasteiger partial charge is 0.271 e. The number of benzene rings is 2. The summed E-state index contributed by atoms with van der Waals surface area (Å²) in [6.45, 7) is 2.33. The normalized spacial score (nSPS) is 11.5. The van der Waals surface area contributed by atoms with Crippen LogP contribution in [0.2, 0.25) is 0 Å². The van der Waals surface area contributed by atoms with Crippen molar-refractivity contribution in [2.24, 2.45) is 0 Å². The molecule has 0 bridgehead atoms. The maximum Gasteiger partial charge on any atom is 0.271 e. The number of amides is 1. The van der Waals surface area contributed by atoms with Crippen molar-refractivity contribution in [3.05, 3.63) is 76.6 Å². The minimum atomic E-state index is -0.584. The van der Waals surface area contributed by atoms with Gasteiger partial charge in [-0.1, -0.05) is 12.1 Å². The Labute approximate surface area is 167 Å². The van der Waals surface area contributed by atoms with Crippen LogP contribution >= 0.6 is 0 Å². The van der Waals surface area contributed by atoms with Crippen LogP contribution in [0.15, 0.2) is 60.9 Å². The number of anilines is 2. The van der Waals surface area contributed by atoms with E-state index in [-0.39, 0.29) is 17.3 Å². The molecule has 0 aliphatic heterocycles. The van der Waals surface area contributed by atoms with Crippen molar-refractivity contribution in [3.63, 3.8) is 0 Å². The molecule has 3 rings (SSSR count). The predicted molar refractivity (Wildman–Crippen MR) is 109 cm³/mol. The van der Waals surface area contributed by atoms with Gasteiger partial charge in [0.2, 0.25) is 5.91 Å². The average Bonchev–Trinajstić information content (AvgIpc) is 3.21. The van der Waals surface area contributed by atoms with Gasteiger partial charge in [-0.25, -0.2) is 0 Å². The molecule has 1 unspecified atom stereocenters. The lowest BCUT2D eigenvalue weighted by Crippen LogP contribution is -2.32. The number of non-ortho nitro benzene ring substituents is 1. The zero-order chi connectivity index (χ0) is 20.8. The fourth-order valence-electron chi connectivity index (χ4n) is 2.80. The lowest BCUT2D eigenvalue weighted by Gasteiger charge is -2.17. The van der Waals surface area contributed by atoms with Crippen molar-refractivity contribution in [3.8, 4) is 5.75 Å². The first-order valence-electron chi connectivity index (χ1n) is 8.92. The average molecular weight is 395 g/mol. The maximum absolute atomic E-state index is 12.6. The summed E-state index contributed by atoms with van der Waals surface area (Å²) in [6, 6.07) is 13.0. The number of hydrogen-bond acceptors (Lipinski definition) is 6. The standard InChI is InChI=1S/C20H21N5O4/c1-14(20(26)23-18-12-17(25(27)28)7-8-19(18)29-2)22-16-6-3-5-15(11-16)13-24-10-4-9-21-24/h3-12,14,22H,13H2,1-2H3,(H,23,26). The summed E-state index contributed by atoms with van der Waals surface area (Å²) in [5.74, 6) is -0.00125. The molecule has 9 nitrogen and oxygen atoms in total. The molecule has 0 spiro atoms. The SMILES string of the molecule is COc1ccc([N+](=O)[O-])cc1NC(=O)C(C)Nc1cccc(Cn2cccn2)c1. The van der Waals surface area contributed by atoms with E-state index in [1.54, 1.807) is 13.1 Å². The number of nitro benzene ring substituents is 1. The van der Waals surface area contributed by atoms with E-state index in [1.165, 1.54) is 25.3 Å². The molecule has 0 aliphatic carbocycles. The van der Waals surface area contributed by atoms with Gasteiger partial charge in [-0.15, -0.1) is 0 Å². The van der Waals surface area contributed by atoms with Crippen LogP contribution in [0.3, 0.4) is 0 Å². The van der Waals surface area contributed by atoms with Gasteiger partial charge in [0, 0.05) is 30.2 Å². The first-order valence-corrected chi connectivity index (χ1v) is 8.92. The van der Waals surface area contributed by atoms with Gasteiger partial charge in [0.15, 0.2) is 0 Å². The summed E-state index contributed by atoms with van der Waals surface area (Å²) in [6.07, 6.45) is 3.60. The van der Waals surface area contributed by atoms with Crippen LogP contribution < -0.4 is 15.4 Å².